The summed E-state index contributed by atoms with van der Waals surface area (Å²) in [7, 11) is 0. The van der Waals surface area contributed by atoms with E-state index in [4.69, 9.17) is 0 Å². The number of Topliss-reactive ketones (excluding diaryl/α,β-unsaturated/α-hetero) is 1. The van der Waals surface area contributed by atoms with Crippen LogP contribution in [0.15, 0.2) is 73.1 Å². The molecule has 7 heteroatoms. The molecule has 2 aromatic carbocycles. The minimum Gasteiger partial charge on any atom is -0.292 e. The highest BCUT2D eigenvalue weighted by Gasteiger charge is 2.17. The molecule has 30 heavy (non-hydrogen) atoms. The monoisotopic (exact) mass is 411 g/mol. The lowest BCUT2D eigenvalue weighted by Crippen LogP contribution is -2.07. The lowest BCUT2D eigenvalue weighted by atomic mass is 10.0. The fourth-order valence-corrected chi connectivity index (χ4v) is 4.23. The van der Waals surface area contributed by atoms with Gasteiger partial charge in [0, 0.05) is 24.4 Å². The van der Waals surface area contributed by atoms with Gasteiger partial charge in [-0.3, -0.25) is 9.78 Å². The molecule has 0 radical (unpaired) electrons. The van der Waals surface area contributed by atoms with Crippen LogP contribution in [0.3, 0.4) is 0 Å². The van der Waals surface area contributed by atoms with Crippen molar-refractivity contribution in [3.63, 3.8) is 0 Å². The molecule has 5 aromatic rings. The standard InChI is InChI=1S/C23H17N5OS/c1-15-22(27-28(26-15)18-8-3-2-4-9-18)20(29)13-16-6-5-7-17(12-16)23-25-19-10-11-24-14-21(19)30-23/h2-12,14H,13H2,1H3. The van der Waals surface area contributed by atoms with Crippen LogP contribution < -0.4 is 0 Å². The summed E-state index contributed by atoms with van der Waals surface area (Å²) in [5.41, 5.74) is 4.69. The van der Waals surface area contributed by atoms with Crippen LogP contribution in [-0.4, -0.2) is 30.7 Å². The summed E-state index contributed by atoms with van der Waals surface area (Å²) < 4.78 is 1.04. The molecule has 0 saturated heterocycles. The van der Waals surface area contributed by atoms with Crippen molar-refractivity contribution in [1.29, 1.82) is 0 Å². The van der Waals surface area contributed by atoms with Gasteiger partial charge in [-0.2, -0.15) is 9.90 Å². The molecule has 0 aliphatic heterocycles. The molecular formula is C23H17N5OS. The van der Waals surface area contributed by atoms with Gasteiger partial charge in [-0.05, 0) is 36.8 Å². The number of carbonyl (C=O) groups is 1. The smallest absolute Gasteiger partial charge is 0.189 e. The second-order valence-corrected chi connectivity index (χ2v) is 7.95. The molecule has 0 aliphatic carbocycles. The van der Waals surface area contributed by atoms with Crippen LogP contribution in [0.5, 0.6) is 0 Å². The number of fused-ring (bicyclic) bond motifs is 1. The highest BCUT2D eigenvalue weighted by Crippen LogP contribution is 2.30. The van der Waals surface area contributed by atoms with Crippen molar-refractivity contribution in [2.75, 3.05) is 0 Å². The molecule has 0 aliphatic rings. The first-order valence-electron chi connectivity index (χ1n) is 9.50. The largest absolute Gasteiger partial charge is 0.292 e. The van der Waals surface area contributed by atoms with E-state index in [2.05, 4.69) is 20.2 Å². The van der Waals surface area contributed by atoms with Gasteiger partial charge in [-0.25, -0.2) is 4.98 Å². The van der Waals surface area contributed by atoms with E-state index in [-0.39, 0.29) is 12.2 Å². The maximum atomic E-state index is 12.9. The molecule has 0 saturated carbocycles. The number of pyridine rings is 1. The fraction of sp³-hybridized carbons (Fsp3) is 0.0870. The van der Waals surface area contributed by atoms with Gasteiger partial charge in [0.2, 0.25) is 0 Å². The summed E-state index contributed by atoms with van der Waals surface area (Å²) in [4.78, 5) is 23.3. The Labute approximate surface area is 176 Å². The summed E-state index contributed by atoms with van der Waals surface area (Å²) in [6.07, 6.45) is 3.82. The molecule has 0 fully saturated rings. The number of hydrogen-bond acceptors (Lipinski definition) is 6. The molecule has 0 bridgehead atoms. The maximum absolute atomic E-state index is 12.9. The summed E-state index contributed by atoms with van der Waals surface area (Å²) in [6.45, 7) is 1.81. The van der Waals surface area contributed by atoms with Gasteiger partial charge in [-0.15, -0.1) is 16.4 Å². The average molecular weight is 411 g/mol. The summed E-state index contributed by atoms with van der Waals surface area (Å²) >= 11 is 1.59. The minimum atomic E-state index is -0.0552. The molecule has 0 atom stereocenters. The number of hydrogen-bond donors (Lipinski definition) is 0. The van der Waals surface area contributed by atoms with E-state index in [1.54, 1.807) is 17.5 Å². The number of benzene rings is 2. The number of carbonyl (C=O) groups excluding carboxylic acids is 1. The van der Waals surface area contributed by atoms with E-state index < -0.39 is 0 Å². The zero-order valence-electron chi connectivity index (χ0n) is 16.2. The van der Waals surface area contributed by atoms with Crippen molar-refractivity contribution in [3.05, 3.63) is 90.0 Å². The zero-order valence-corrected chi connectivity index (χ0v) is 17.0. The Morgan fingerprint density at radius 2 is 1.90 bits per heavy atom. The molecule has 5 rings (SSSR count). The van der Waals surface area contributed by atoms with Crippen molar-refractivity contribution < 1.29 is 4.79 Å². The number of aryl methyl sites for hydroxylation is 1. The Bertz CT molecular complexity index is 1320. The van der Waals surface area contributed by atoms with E-state index >= 15 is 0 Å². The first-order valence-corrected chi connectivity index (χ1v) is 10.3. The molecule has 0 unspecified atom stereocenters. The Hall–Kier alpha value is -3.71. The molecule has 3 heterocycles. The van der Waals surface area contributed by atoms with Crippen molar-refractivity contribution in [2.45, 2.75) is 13.3 Å². The Morgan fingerprint density at radius 1 is 1.03 bits per heavy atom. The highest BCUT2D eigenvalue weighted by molar-refractivity contribution is 7.21. The molecular weight excluding hydrogens is 394 g/mol. The molecule has 6 nitrogen and oxygen atoms in total. The van der Waals surface area contributed by atoms with Crippen LogP contribution in [0.2, 0.25) is 0 Å². The average Bonchev–Trinajstić information content (AvgIpc) is 3.38. The summed E-state index contributed by atoms with van der Waals surface area (Å²) in [5.74, 6) is -0.0552. The van der Waals surface area contributed by atoms with Gasteiger partial charge >= 0.3 is 0 Å². The van der Waals surface area contributed by atoms with Crippen molar-refractivity contribution in [1.82, 2.24) is 25.0 Å². The van der Waals surface area contributed by atoms with E-state index in [9.17, 15) is 4.79 Å². The third-order valence-corrected chi connectivity index (χ3v) is 5.82. The van der Waals surface area contributed by atoms with Gasteiger partial charge in [-0.1, -0.05) is 36.4 Å². The predicted octanol–water partition coefficient (Wildman–Crippen LogP) is 4.67. The van der Waals surface area contributed by atoms with Crippen LogP contribution in [0.4, 0.5) is 0 Å². The maximum Gasteiger partial charge on any atom is 0.189 e. The van der Waals surface area contributed by atoms with Crippen molar-refractivity contribution in [2.24, 2.45) is 0 Å². The van der Waals surface area contributed by atoms with Crippen molar-refractivity contribution >= 4 is 27.3 Å². The van der Waals surface area contributed by atoms with Gasteiger partial charge in [0.25, 0.3) is 0 Å². The third kappa shape index (κ3) is 3.51. The number of ketones is 1. The van der Waals surface area contributed by atoms with Crippen LogP contribution in [0.1, 0.15) is 21.7 Å². The quantitative estimate of drug-likeness (QED) is 0.393. The van der Waals surface area contributed by atoms with E-state index in [1.165, 1.54) is 4.80 Å². The number of rotatable bonds is 5. The first-order chi connectivity index (χ1) is 14.7. The Balaban J connectivity index is 1.40. The van der Waals surface area contributed by atoms with E-state index in [0.29, 0.717) is 11.4 Å². The number of nitrogens with zero attached hydrogens (tertiary/aromatic N) is 5. The van der Waals surface area contributed by atoms with Crippen molar-refractivity contribution in [3.8, 4) is 16.3 Å². The number of aromatic nitrogens is 5. The summed E-state index contributed by atoms with van der Waals surface area (Å²) in [6, 6.07) is 19.4. The first kappa shape index (κ1) is 18.3. The lowest BCUT2D eigenvalue weighted by molar-refractivity contribution is 0.0987. The third-order valence-electron chi connectivity index (χ3n) is 4.76. The molecule has 0 amide bonds. The molecule has 0 spiro atoms. The molecule has 3 aromatic heterocycles. The fourth-order valence-electron chi connectivity index (χ4n) is 3.30. The molecule has 0 N–H and O–H groups in total. The van der Waals surface area contributed by atoms with Crippen LogP contribution in [0.25, 0.3) is 26.5 Å². The Kier molecular flexibility index (Phi) is 4.65. The summed E-state index contributed by atoms with van der Waals surface area (Å²) in [5, 5.41) is 9.74. The zero-order chi connectivity index (χ0) is 20.5. The van der Waals surface area contributed by atoms with Gasteiger partial charge in [0.1, 0.15) is 5.01 Å². The second-order valence-electron chi connectivity index (χ2n) is 6.92. The second kappa shape index (κ2) is 7.61. The Morgan fingerprint density at radius 3 is 2.73 bits per heavy atom. The minimum absolute atomic E-state index is 0.0552. The van der Waals surface area contributed by atoms with Gasteiger partial charge in [0.05, 0.1) is 21.6 Å². The normalized spacial score (nSPS) is 11.1. The van der Waals surface area contributed by atoms with Crippen LogP contribution in [-0.2, 0) is 6.42 Å². The van der Waals surface area contributed by atoms with Crippen LogP contribution in [0, 0.1) is 6.92 Å². The van der Waals surface area contributed by atoms with E-state index in [0.717, 1.165) is 32.0 Å². The SMILES string of the molecule is Cc1nn(-c2ccccc2)nc1C(=O)Cc1cccc(-c2nc3ccncc3s2)c1. The topological polar surface area (TPSA) is 73.6 Å². The highest BCUT2D eigenvalue weighted by atomic mass is 32.1. The van der Waals surface area contributed by atoms with Gasteiger partial charge < -0.3 is 0 Å². The number of thiazole rings is 1. The lowest BCUT2D eigenvalue weighted by Gasteiger charge is -2.02. The number of para-hydroxylation sites is 1. The molecule has 146 valence electrons. The predicted molar refractivity (Wildman–Crippen MR) is 117 cm³/mol. The van der Waals surface area contributed by atoms with Gasteiger partial charge in [0.15, 0.2) is 11.5 Å². The van der Waals surface area contributed by atoms with E-state index in [1.807, 2.05) is 73.8 Å². The van der Waals surface area contributed by atoms with Crippen LogP contribution >= 0.6 is 11.3 Å².